The third kappa shape index (κ3) is 2.72. The van der Waals surface area contributed by atoms with Crippen LogP contribution in [-0.4, -0.2) is 14.3 Å². The van der Waals surface area contributed by atoms with Gasteiger partial charge in [-0.05, 0) is 38.1 Å². The van der Waals surface area contributed by atoms with Crippen LogP contribution < -0.4 is 4.72 Å². The van der Waals surface area contributed by atoms with Crippen LogP contribution in [0.5, 0.6) is 0 Å². The maximum atomic E-state index is 12.2. The molecule has 1 atom stereocenters. The molecule has 1 N–H and O–H groups in total. The monoisotopic (exact) mass is 274 g/mol. The summed E-state index contributed by atoms with van der Waals surface area (Å²) in [4.78, 5) is 0.627. The predicted molar refractivity (Wildman–Crippen MR) is 73.9 cm³/mol. The van der Waals surface area contributed by atoms with E-state index < -0.39 is 11.4 Å². The first-order chi connectivity index (χ1) is 9.02. The van der Waals surface area contributed by atoms with Gasteiger partial charge in [0.1, 0.15) is 17.0 Å². The molecule has 0 fully saturated rings. The first-order valence-corrected chi connectivity index (χ1v) is 6.86. The van der Waals surface area contributed by atoms with Crippen LogP contribution in [0.2, 0.25) is 0 Å². The molecule has 1 heterocycles. The summed E-state index contributed by atoms with van der Waals surface area (Å²) >= 11 is -1.36. The highest BCUT2D eigenvalue weighted by atomic mass is 32.2. The van der Waals surface area contributed by atoms with Crippen molar-refractivity contribution in [2.45, 2.75) is 18.7 Å². The molecule has 6 heteroatoms. The Hall–Kier alpha value is -1.97. The summed E-state index contributed by atoms with van der Waals surface area (Å²) in [6.07, 6.45) is 0. The zero-order valence-corrected chi connectivity index (χ0v) is 11.8. The van der Waals surface area contributed by atoms with E-state index in [1.807, 2.05) is 27.0 Å². The lowest BCUT2D eigenvalue weighted by atomic mass is 10.2. The van der Waals surface area contributed by atoms with E-state index in [9.17, 15) is 4.55 Å². The second-order valence-corrected chi connectivity index (χ2v) is 5.39. The van der Waals surface area contributed by atoms with Crippen molar-refractivity contribution in [1.29, 1.82) is 5.26 Å². The van der Waals surface area contributed by atoms with Crippen molar-refractivity contribution in [3.63, 3.8) is 0 Å². The van der Waals surface area contributed by atoms with Crippen LogP contribution in [0.15, 0.2) is 29.2 Å². The molecule has 0 aliphatic rings. The molecule has 19 heavy (non-hydrogen) atoms. The van der Waals surface area contributed by atoms with Gasteiger partial charge in [-0.3, -0.25) is 4.68 Å². The lowest BCUT2D eigenvalue weighted by molar-refractivity contribution is 0.600. The molecule has 1 unspecified atom stereocenters. The Kier molecular flexibility index (Phi) is 3.79. The number of anilines is 1. The average molecular weight is 274 g/mol. The highest BCUT2D eigenvalue weighted by Gasteiger charge is 2.17. The molecule has 2 rings (SSSR count). The predicted octanol–water partition coefficient (Wildman–Crippen LogP) is 2.04. The van der Waals surface area contributed by atoms with E-state index in [2.05, 4.69) is 9.82 Å². The molecule has 0 radical (unpaired) electrons. The zero-order chi connectivity index (χ0) is 14.0. The Bertz CT molecular complexity index is 627. The largest absolute Gasteiger partial charge is 0.588 e. The van der Waals surface area contributed by atoms with Crippen molar-refractivity contribution in [2.75, 3.05) is 4.72 Å². The first-order valence-electron chi connectivity index (χ1n) is 5.71. The quantitative estimate of drug-likeness (QED) is 0.869. The summed E-state index contributed by atoms with van der Waals surface area (Å²) < 4.78 is 16.9. The molecular formula is C13H14N4OS. The highest BCUT2D eigenvalue weighted by molar-refractivity contribution is 7.92. The number of aryl methyl sites for hydroxylation is 2. The van der Waals surface area contributed by atoms with Crippen LogP contribution in [0.1, 0.15) is 17.0 Å². The number of nitrogens with one attached hydrogen (secondary N) is 1. The topological polar surface area (TPSA) is 76.7 Å². The summed E-state index contributed by atoms with van der Waals surface area (Å²) in [6.45, 7) is 3.78. The number of benzene rings is 1. The Balaban J connectivity index is 2.20. The minimum absolute atomic E-state index is 0.550. The average Bonchev–Trinajstić information content (AvgIpc) is 2.65. The lowest BCUT2D eigenvalue weighted by Gasteiger charge is -2.11. The maximum absolute atomic E-state index is 12.2. The van der Waals surface area contributed by atoms with Gasteiger partial charge in [-0.2, -0.15) is 15.1 Å². The smallest absolute Gasteiger partial charge is 0.180 e. The van der Waals surface area contributed by atoms with E-state index in [1.165, 1.54) is 0 Å². The second-order valence-electron chi connectivity index (χ2n) is 4.18. The molecule has 0 saturated heterocycles. The highest BCUT2D eigenvalue weighted by Crippen LogP contribution is 2.22. The molecule has 2 aromatic rings. The molecule has 0 spiro atoms. The molecule has 0 aliphatic carbocycles. The van der Waals surface area contributed by atoms with Crippen molar-refractivity contribution in [1.82, 2.24) is 9.78 Å². The second kappa shape index (κ2) is 5.34. The number of aromatic nitrogens is 2. The van der Waals surface area contributed by atoms with E-state index in [-0.39, 0.29) is 0 Å². The molecule has 0 bridgehead atoms. The van der Waals surface area contributed by atoms with Crippen LogP contribution in [0.25, 0.3) is 0 Å². The van der Waals surface area contributed by atoms with Gasteiger partial charge in [-0.25, -0.2) is 0 Å². The molecule has 1 aromatic heterocycles. The molecule has 5 nitrogen and oxygen atoms in total. The van der Waals surface area contributed by atoms with Gasteiger partial charge in [0.2, 0.25) is 0 Å². The molecule has 98 valence electrons. The summed E-state index contributed by atoms with van der Waals surface area (Å²) in [7, 11) is 1.85. The van der Waals surface area contributed by atoms with Gasteiger partial charge in [0.25, 0.3) is 0 Å². The Morgan fingerprint density at radius 2 is 1.95 bits per heavy atom. The standard InChI is InChI=1S/C13H14N4OS/c1-9-13(10(2)17(3)15-9)16-19(18)12-6-4-11(8-14)5-7-12/h4-7,16H,1-3H3. The van der Waals surface area contributed by atoms with Crippen LogP contribution >= 0.6 is 0 Å². The summed E-state index contributed by atoms with van der Waals surface area (Å²) in [5, 5.41) is 13.0. The van der Waals surface area contributed by atoms with E-state index in [0.29, 0.717) is 10.5 Å². The van der Waals surface area contributed by atoms with Gasteiger partial charge >= 0.3 is 0 Å². The Morgan fingerprint density at radius 1 is 1.32 bits per heavy atom. The van der Waals surface area contributed by atoms with Gasteiger partial charge in [0, 0.05) is 7.05 Å². The van der Waals surface area contributed by atoms with Crippen LogP contribution in [0, 0.1) is 25.2 Å². The van der Waals surface area contributed by atoms with Crippen LogP contribution in [0.3, 0.4) is 0 Å². The fourth-order valence-corrected chi connectivity index (χ4v) is 2.71. The number of hydrogen-bond donors (Lipinski definition) is 1. The van der Waals surface area contributed by atoms with Crippen LogP contribution in [0.4, 0.5) is 5.69 Å². The summed E-state index contributed by atoms with van der Waals surface area (Å²) in [6, 6.07) is 8.70. The summed E-state index contributed by atoms with van der Waals surface area (Å²) in [5.74, 6) is 0. The Labute approximate surface area is 115 Å². The Morgan fingerprint density at radius 3 is 2.42 bits per heavy atom. The van der Waals surface area contributed by atoms with Gasteiger partial charge in [0.15, 0.2) is 4.90 Å². The van der Waals surface area contributed by atoms with Crippen molar-refractivity contribution < 1.29 is 4.55 Å². The fourth-order valence-electron chi connectivity index (χ4n) is 1.73. The first kappa shape index (κ1) is 13.5. The maximum Gasteiger partial charge on any atom is 0.180 e. The molecule has 0 aliphatic heterocycles. The van der Waals surface area contributed by atoms with Crippen LogP contribution in [-0.2, 0) is 18.4 Å². The minimum atomic E-state index is -1.36. The summed E-state index contributed by atoms with van der Waals surface area (Å²) in [5.41, 5.74) is 3.07. The third-order valence-electron chi connectivity index (χ3n) is 2.90. The molecule has 0 saturated carbocycles. The van der Waals surface area contributed by atoms with Gasteiger partial charge in [-0.15, -0.1) is 0 Å². The van der Waals surface area contributed by atoms with E-state index in [4.69, 9.17) is 5.26 Å². The lowest BCUT2D eigenvalue weighted by Crippen LogP contribution is -2.14. The number of nitriles is 1. The fraction of sp³-hybridized carbons (Fsp3) is 0.231. The zero-order valence-electron chi connectivity index (χ0n) is 11.0. The molecule has 1 aromatic carbocycles. The van der Waals surface area contributed by atoms with E-state index in [1.54, 1.807) is 28.9 Å². The number of rotatable bonds is 3. The third-order valence-corrected chi connectivity index (χ3v) is 3.99. The van der Waals surface area contributed by atoms with Crippen molar-refractivity contribution in [3.05, 3.63) is 41.2 Å². The van der Waals surface area contributed by atoms with Gasteiger partial charge in [0.05, 0.1) is 23.0 Å². The van der Waals surface area contributed by atoms with E-state index in [0.717, 1.165) is 17.1 Å². The minimum Gasteiger partial charge on any atom is -0.588 e. The van der Waals surface area contributed by atoms with E-state index >= 15 is 0 Å². The molecule has 0 amide bonds. The van der Waals surface area contributed by atoms with Crippen molar-refractivity contribution >= 4 is 17.0 Å². The SMILES string of the molecule is Cc1nn(C)c(C)c1N[S+]([O-])c1ccc(C#N)cc1. The van der Waals surface area contributed by atoms with Crippen molar-refractivity contribution in [3.8, 4) is 6.07 Å². The van der Waals surface area contributed by atoms with Crippen molar-refractivity contribution in [2.24, 2.45) is 7.05 Å². The number of hydrogen-bond acceptors (Lipinski definition) is 4. The van der Waals surface area contributed by atoms with Gasteiger partial charge < -0.3 is 4.55 Å². The van der Waals surface area contributed by atoms with Gasteiger partial charge in [-0.1, -0.05) is 0 Å². The normalized spacial score (nSPS) is 11.9. The molecular weight excluding hydrogens is 260 g/mol. The number of nitrogens with zero attached hydrogens (tertiary/aromatic N) is 3.